The highest BCUT2D eigenvalue weighted by Crippen LogP contribution is 2.15. The van der Waals surface area contributed by atoms with Crippen LogP contribution in [0.2, 0.25) is 0 Å². The Morgan fingerprint density at radius 2 is 1.75 bits per heavy atom. The normalized spacial score (nSPS) is 10.4. The van der Waals surface area contributed by atoms with E-state index in [1.165, 1.54) is 0 Å². The van der Waals surface area contributed by atoms with Gasteiger partial charge in [0, 0.05) is 10.2 Å². The van der Waals surface area contributed by atoms with Crippen LogP contribution in [-0.4, -0.2) is 5.11 Å². The molecule has 0 amide bonds. The molecule has 16 heavy (non-hydrogen) atoms. The molecule has 0 aliphatic carbocycles. The zero-order valence-electron chi connectivity index (χ0n) is 8.61. The van der Waals surface area contributed by atoms with Gasteiger partial charge in [0.05, 0.1) is 6.54 Å². The third-order valence-corrected chi connectivity index (χ3v) is 2.71. The van der Waals surface area contributed by atoms with Crippen molar-refractivity contribution < 1.29 is 9.52 Å². The number of anilines is 1. The predicted octanol–water partition coefficient (Wildman–Crippen LogP) is 3.15. The van der Waals surface area contributed by atoms with Crippen LogP contribution < -0.4 is 5.32 Å². The predicted molar refractivity (Wildman–Crippen MR) is 66.1 cm³/mol. The highest BCUT2D eigenvalue weighted by atomic mass is 79.9. The summed E-state index contributed by atoms with van der Waals surface area (Å²) in [5.41, 5.74) is 1.03. The molecule has 0 saturated heterocycles. The van der Waals surface area contributed by atoms with Crippen molar-refractivity contribution >= 4 is 21.6 Å². The Hall–Kier alpha value is -1.26. The number of hydrogen-bond donors (Lipinski definition) is 2. The van der Waals surface area contributed by atoms with E-state index in [4.69, 9.17) is 9.52 Å². The van der Waals surface area contributed by atoms with E-state index < -0.39 is 0 Å². The first-order valence-corrected chi connectivity index (χ1v) is 5.75. The minimum atomic E-state index is -0.0573. The van der Waals surface area contributed by atoms with E-state index in [0.29, 0.717) is 12.3 Å². The molecular weight excluding hydrogens is 270 g/mol. The average Bonchev–Trinajstić information content (AvgIpc) is 2.76. The third-order valence-electron chi connectivity index (χ3n) is 2.18. The number of aliphatic hydroxyl groups excluding tert-OH is 1. The maximum atomic E-state index is 8.85. The SMILES string of the molecule is OCc1ccc(CNc2ccc(Br)cc2)o1. The van der Waals surface area contributed by atoms with Gasteiger partial charge in [-0.15, -0.1) is 0 Å². The monoisotopic (exact) mass is 281 g/mol. The lowest BCUT2D eigenvalue weighted by molar-refractivity contribution is 0.244. The average molecular weight is 282 g/mol. The fraction of sp³-hybridized carbons (Fsp3) is 0.167. The number of nitrogens with one attached hydrogen (secondary N) is 1. The molecule has 84 valence electrons. The van der Waals surface area contributed by atoms with Gasteiger partial charge in [-0.25, -0.2) is 0 Å². The van der Waals surface area contributed by atoms with Crippen molar-refractivity contribution in [3.05, 3.63) is 52.4 Å². The molecule has 0 fully saturated rings. The zero-order chi connectivity index (χ0) is 11.4. The van der Waals surface area contributed by atoms with E-state index in [-0.39, 0.29) is 6.61 Å². The number of furan rings is 1. The van der Waals surface area contributed by atoms with Crippen LogP contribution in [-0.2, 0) is 13.2 Å². The molecule has 1 aromatic carbocycles. The first kappa shape index (κ1) is 11.2. The van der Waals surface area contributed by atoms with E-state index in [1.807, 2.05) is 30.3 Å². The van der Waals surface area contributed by atoms with Crippen LogP contribution in [0.5, 0.6) is 0 Å². The number of aliphatic hydroxyl groups is 1. The summed E-state index contributed by atoms with van der Waals surface area (Å²) in [6.45, 7) is 0.555. The molecule has 3 nitrogen and oxygen atoms in total. The Labute approximate surface area is 102 Å². The fourth-order valence-corrected chi connectivity index (χ4v) is 1.62. The molecule has 1 heterocycles. The lowest BCUT2D eigenvalue weighted by Crippen LogP contribution is -1.97. The number of halogens is 1. The Kier molecular flexibility index (Phi) is 3.64. The van der Waals surface area contributed by atoms with Gasteiger partial charge in [-0.3, -0.25) is 0 Å². The van der Waals surface area contributed by atoms with Gasteiger partial charge in [-0.1, -0.05) is 15.9 Å². The van der Waals surface area contributed by atoms with Gasteiger partial charge in [-0.2, -0.15) is 0 Å². The van der Waals surface area contributed by atoms with E-state index in [1.54, 1.807) is 6.07 Å². The Balaban J connectivity index is 1.94. The van der Waals surface area contributed by atoms with Crippen LogP contribution in [0.4, 0.5) is 5.69 Å². The summed E-state index contributed by atoms with van der Waals surface area (Å²) in [6, 6.07) is 11.6. The summed E-state index contributed by atoms with van der Waals surface area (Å²) < 4.78 is 6.41. The first-order valence-electron chi connectivity index (χ1n) is 4.96. The Bertz CT molecular complexity index is 450. The molecule has 0 bridgehead atoms. The smallest absolute Gasteiger partial charge is 0.129 e. The van der Waals surface area contributed by atoms with Crippen molar-refractivity contribution in [3.8, 4) is 0 Å². The van der Waals surface area contributed by atoms with Crippen LogP contribution in [0.15, 0.2) is 45.3 Å². The number of benzene rings is 1. The number of rotatable bonds is 4. The zero-order valence-corrected chi connectivity index (χ0v) is 10.2. The molecule has 2 aromatic rings. The lowest BCUT2D eigenvalue weighted by Gasteiger charge is -2.03. The van der Waals surface area contributed by atoms with Crippen LogP contribution in [0, 0.1) is 0 Å². The van der Waals surface area contributed by atoms with Crippen molar-refractivity contribution in [2.45, 2.75) is 13.2 Å². The minimum Gasteiger partial charge on any atom is -0.462 e. The summed E-state index contributed by atoms with van der Waals surface area (Å²) in [4.78, 5) is 0. The van der Waals surface area contributed by atoms with Crippen molar-refractivity contribution in [1.29, 1.82) is 0 Å². The first-order chi connectivity index (χ1) is 7.78. The molecule has 4 heteroatoms. The molecule has 0 aliphatic heterocycles. The molecule has 0 spiro atoms. The molecule has 2 N–H and O–H groups in total. The largest absolute Gasteiger partial charge is 0.462 e. The van der Waals surface area contributed by atoms with E-state index >= 15 is 0 Å². The Morgan fingerprint density at radius 3 is 2.38 bits per heavy atom. The van der Waals surface area contributed by atoms with Gasteiger partial charge in [0.15, 0.2) is 0 Å². The van der Waals surface area contributed by atoms with E-state index in [0.717, 1.165) is 15.9 Å². The van der Waals surface area contributed by atoms with Gasteiger partial charge in [0.25, 0.3) is 0 Å². The second-order valence-corrected chi connectivity index (χ2v) is 4.30. The maximum absolute atomic E-state index is 8.85. The summed E-state index contributed by atoms with van der Waals surface area (Å²) in [5.74, 6) is 1.40. The number of hydrogen-bond acceptors (Lipinski definition) is 3. The molecule has 0 atom stereocenters. The standard InChI is InChI=1S/C12H12BrNO2/c13-9-1-3-10(4-2-9)14-7-11-5-6-12(8-15)16-11/h1-6,14-15H,7-8H2. The molecule has 0 unspecified atom stereocenters. The van der Waals surface area contributed by atoms with Gasteiger partial charge in [-0.05, 0) is 36.4 Å². The highest BCUT2D eigenvalue weighted by molar-refractivity contribution is 9.10. The van der Waals surface area contributed by atoms with Crippen molar-refractivity contribution in [3.63, 3.8) is 0 Å². The molecule has 0 radical (unpaired) electrons. The quantitative estimate of drug-likeness (QED) is 0.905. The molecule has 0 aliphatic rings. The van der Waals surface area contributed by atoms with E-state index in [9.17, 15) is 0 Å². The summed E-state index contributed by atoms with van der Waals surface area (Å²) in [6.07, 6.45) is 0. The second kappa shape index (κ2) is 5.18. The second-order valence-electron chi connectivity index (χ2n) is 3.39. The lowest BCUT2D eigenvalue weighted by atomic mass is 10.3. The summed E-state index contributed by atoms with van der Waals surface area (Å²) in [5, 5.41) is 12.1. The van der Waals surface area contributed by atoms with Crippen LogP contribution in [0.1, 0.15) is 11.5 Å². The molecule has 0 saturated carbocycles. The van der Waals surface area contributed by atoms with Gasteiger partial charge < -0.3 is 14.8 Å². The maximum Gasteiger partial charge on any atom is 0.129 e. The van der Waals surface area contributed by atoms with Crippen molar-refractivity contribution in [2.75, 3.05) is 5.32 Å². The van der Waals surface area contributed by atoms with Gasteiger partial charge in [0.1, 0.15) is 18.1 Å². The van der Waals surface area contributed by atoms with Crippen LogP contribution in [0.25, 0.3) is 0 Å². The van der Waals surface area contributed by atoms with Crippen molar-refractivity contribution in [1.82, 2.24) is 0 Å². The molecular formula is C12H12BrNO2. The highest BCUT2D eigenvalue weighted by Gasteiger charge is 2.00. The summed E-state index contributed by atoms with van der Waals surface area (Å²) in [7, 11) is 0. The van der Waals surface area contributed by atoms with E-state index in [2.05, 4.69) is 21.2 Å². The molecule has 2 rings (SSSR count). The van der Waals surface area contributed by atoms with Crippen LogP contribution in [0.3, 0.4) is 0 Å². The fourth-order valence-electron chi connectivity index (χ4n) is 1.36. The van der Waals surface area contributed by atoms with Crippen molar-refractivity contribution in [2.24, 2.45) is 0 Å². The molecule has 1 aromatic heterocycles. The Morgan fingerprint density at radius 1 is 1.06 bits per heavy atom. The summed E-state index contributed by atoms with van der Waals surface area (Å²) >= 11 is 3.38. The van der Waals surface area contributed by atoms with Crippen LogP contribution >= 0.6 is 15.9 Å². The van der Waals surface area contributed by atoms with Gasteiger partial charge in [0.2, 0.25) is 0 Å². The minimum absolute atomic E-state index is 0.0573. The topological polar surface area (TPSA) is 45.4 Å². The third kappa shape index (κ3) is 2.87. The van der Waals surface area contributed by atoms with Gasteiger partial charge >= 0.3 is 0 Å².